The Morgan fingerprint density at radius 1 is 1.26 bits per heavy atom. The molecular weight excluding hydrogens is 244 g/mol. The number of nitrogens with zero attached hydrogens (tertiary/aromatic N) is 2. The Bertz CT molecular complexity index is 641. The lowest BCUT2D eigenvalue weighted by Gasteiger charge is -2.09. The minimum atomic E-state index is -0.552. The molecular formula is C13H14N4O2. The van der Waals surface area contributed by atoms with E-state index < -0.39 is 4.92 Å². The maximum absolute atomic E-state index is 10.6. The third kappa shape index (κ3) is 2.79. The average Bonchev–Trinajstić information content (AvgIpc) is 2.32. The largest absolute Gasteiger partial charge is 0.378 e. The van der Waals surface area contributed by atoms with Crippen molar-refractivity contribution < 1.29 is 4.92 Å². The Labute approximate surface area is 110 Å². The summed E-state index contributed by atoms with van der Waals surface area (Å²) in [6.07, 6.45) is 0. The van der Waals surface area contributed by atoms with E-state index in [1.54, 1.807) is 0 Å². The van der Waals surface area contributed by atoms with Gasteiger partial charge < -0.3 is 11.1 Å². The second-order valence-corrected chi connectivity index (χ2v) is 4.30. The molecule has 0 saturated carbocycles. The molecule has 0 amide bonds. The number of aromatic nitrogens is 1. The second kappa shape index (κ2) is 4.93. The maximum Gasteiger partial charge on any atom is 0.311 e. The first-order valence-electron chi connectivity index (χ1n) is 5.72. The van der Waals surface area contributed by atoms with Crippen LogP contribution in [0.3, 0.4) is 0 Å². The smallest absolute Gasteiger partial charge is 0.311 e. The Morgan fingerprint density at radius 2 is 2.00 bits per heavy atom. The summed E-state index contributed by atoms with van der Waals surface area (Å²) in [5.41, 5.74) is 8.49. The highest BCUT2D eigenvalue weighted by molar-refractivity contribution is 5.64. The molecule has 0 unspecified atom stereocenters. The van der Waals surface area contributed by atoms with Crippen molar-refractivity contribution in [3.63, 3.8) is 0 Å². The van der Waals surface area contributed by atoms with Gasteiger partial charge in [0, 0.05) is 11.8 Å². The van der Waals surface area contributed by atoms with Crippen LogP contribution in [0.15, 0.2) is 30.3 Å². The molecule has 0 aliphatic heterocycles. The maximum atomic E-state index is 10.6. The molecule has 0 fully saturated rings. The molecule has 2 rings (SSSR count). The van der Waals surface area contributed by atoms with E-state index in [4.69, 9.17) is 5.73 Å². The first kappa shape index (κ1) is 12.8. The number of nitro groups is 1. The van der Waals surface area contributed by atoms with Crippen LogP contribution in [0, 0.1) is 24.0 Å². The van der Waals surface area contributed by atoms with Gasteiger partial charge in [0.05, 0.1) is 4.92 Å². The third-order valence-corrected chi connectivity index (χ3v) is 2.74. The van der Waals surface area contributed by atoms with Crippen molar-refractivity contribution in [2.24, 2.45) is 0 Å². The molecule has 0 spiro atoms. The van der Waals surface area contributed by atoms with Crippen molar-refractivity contribution in [2.45, 2.75) is 13.8 Å². The first-order chi connectivity index (χ1) is 8.97. The van der Waals surface area contributed by atoms with E-state index >= 15 is 0 Å². The van der Waals surface area contributed by atoms with Crippen LogP contribution < -0.4 is 11.1 Å². The number of pyridine rings is 1. The summed E-state index contributed by atoms with van der Waals surface area (Å²) in [6, 6.07) is 8.83. The van der Waals surface area contributed by atoms with Gasteiger partial charge in [0.1, 0.15) is 5.82 Å². The first-order valence-corrected chi connectivity index (χ1v) is 5.72. The van der Waals surface area contributed by atoms with Crippen LogP contribution in [0.1, 0.15) is 11.1 Å². The van der Waals surface area contributed by atoms with Crippen molar-refractivity contribution in [1.82, 2.24) is 4.98 Å². The van der Waals surface area contributed by atoms with E-state index in [9.17, 15) is 10.1 Å². The van der Waals surface area contributed by atoms with Gasteiger partial charge in [0.15, 0.2) is 0 Å². The number of nitrogens with one attached hydrogen (secondary N) is 1. The Kier molecular flexibility index (Phi) is 3.33. The topological polar surface area (TPSA) is 94.1 Å². The minimum Gasteiger partial charge on any atom is -0.378 e. The number of nitrogen functional groups attached to an aromatic ring is 1. The molecule has 0 atom stereocenters. The van der Waals surface area contributed by atoms with Crippen molar-refractivity contribution in [1.29, 1.82) is 0 Å². The van der Waals surface area contributed by atoms with Gasteiger partial charge >= 0.3 is 5.69 Å². The zero-order valence-corrected chi connectivity index (χ0v) is 10.7. The summed E-state index contributed by atoms with van der Waals surface area (Å²) in [4.78, 5) is 14.1. The number of rotatable bonds is 3. The van der Waals surface area contributed by atoms with Crippen LogP contribution in [0.5, 0.6) is 0 Å². The normalized spacial score (nSPS) is 10.2. The molecule has 0 bridgehead atoms. The van der Waals surface area contributed by atoms with Crippen LogP contribution in [0.2, 0.25) is 0 Å². The van der Waals surface area contributed by atoms with Gasteiger partial charge in [0.2, 0.25) is 5.82 Å². The highest BCUT2D eigenvalue weighted by Crippen LogP contribution is 2.24. The number of anilines is 3. The summed E-state index contributed by atoms with van der Waals surface area (Å²) in [6.45, 7) is 3.99. The zero-order chi connectivity index (χ0) is 14.0. The third-order valence-electron chi connectivity index (χ3n) is 2.74. The van der Waals surface area contributed by atoms with Crippen LogP contribution >= 0.6 is 0 Å². The van der Waals surface area contributed by atoms with E-state index in [-0.39, 0.29) is 11.5 Å². The summed E-state index contributed by atoms with van der Waals surface area (Å²) in [5.74, 6) is 0.384. The monoisotopic (exact) mass is 258 g/mol. The van der Waals surface area contributed by atoms with Gasteiger partial charge in [-0.15, -0.1) is 0 Å². The fourth-order valence-corrected chi connectivity index (χ4v) is 1.78. The van der Waals surface area contributed by atoms with Gasteiger partial charge in [-0.1, -0.05) is 17.7 Å². The summed E-state index contributed by atoms with van der Waals surface area (Å²) in [5, 5.41) is 13.7. The average molecular weight is 258 g/mol. The minimum absolute atomic E-state index is 0.0974. The Balaban J connectivity index is 2.29. The van der Waals surface area contributed by atoms with Gasteiger partial charge in [-0.2, -0.15) is 0 Å². The molecule has 6 nitrogen and oxygen atoms in total. The highest BCUT2D eigenvalue weighted by Gasteiger charge is 2.13. The molecule has 19 heavy (non-hydrogen) atoms. The van der Waals surface area contributed by atoms with Crippen LogP contribution in [0.25, 0.3) is 0 Å². The number of hydrogen-bond acceptors (Lipinski definition) is 5. The number of benzene rings is 1. The van der Waals surface area contributed by atoms with Crippen LogP contribution in [-0.2, 0) is 0 Å². The van der Waals surface area contributed by atoms with E-state index in [0.29, 0.717) is 5.82 Å². The van der Waals surface area contributed by atoms with Crippen molar-refractivity contribution in [2.75, 3.05) is 11.1 Å². The summed E-state index contributed by atoms with van der Waals surface area (Å²) in [7, 11) is 0. The number of hydrogen-bond donors (Lipinski definition) is 2. The van der Waals surface area contributed by atoms with Crippen molar-refractivity contribution in [3.05, 3.63) is 51.6 Å². The van der Waals surface area contributed by atoms with E-state index in [2.05, 4.69) is 10.3 Å². The quantitative estimate of drug-likeness (QED) is 0.652. The molecule has 1 aromatic carbocycles. The van der Waals surface area contributed by atoms with Gasteiger partial charge in [-0.05, 0) is 31.5 Å². The molecule has 0 aliphatic rings. The fraction of sp³-hybridized carbons (Fsp3) is 0.154. The molecule has 0 radical (unpaired) electrons. The van der Waals surface area contributed by atoms with Crippen molar-refractivity contribution >= 4 is 23.0 Å². The van der Waals surface area contributed by atoms with Crippen LogP contribution in [-0.4, -0.2) is 9.91 Å². The SMILES string of the molecule is Cc1ccc(Nc2ccc([N+](=O)[O-])c(N)n2)c(C)c1. The van der Waals surface area contributed by atoms with E-state index in [0.717, 1.165) is 11.3 Å². The summed E-state index contributed by atoms with van der Waals surface area (Å²) < 4.78 is 0. The van der Waals surface area contributed by atoms with E-state index in [1.807, 2.05) is 32.0 Å². The standard InChI is InChI=1S/C13H14N4O2/c1-8-3-4-10(9(2)7-8)15-12-6-5-11(17(18)19)13(14)16-12/h3-7H,1-2H3,(H3,14,15,16). The van der Waals surface area contributed by atoms with Gasteiger partial charge in [-0.25, -0.2) is 4.98 Å². The lowest BCUT2D eigenvalue weighted by molar-refractivity contribution is -0.384. The number of nitrogens with two attached hydrogens (primary N) is 1. The Morgan fingerprint density at radius 3 is 2.58 bits per heavy atom. The molecule has 2 aromatic rings. The molecule has 0 saturated heterocycles. The molecule has 98 valence electrons. The second-order valence-electron chi connectivity index (χ2n) is 4.30. The van der Waals surface area contributed by atoms with Gasteiger partial charge in [-0.3, -0.25) is 10.1 Å². The molecule has 6 heteroatoms. The fourth-order valence-electron chi connectivity index (χ4n) is 1.78. The lowest BCUT2D eigenvalue weighted by Crippen LogP contribution is -2.02. The van der Waals surface area contributed by atoms with Crippen molar-refractivity contribution in [3.8, 4) is 0 Å². The lowest BCUT2D eigenvalue weighted by atomic mass is 10.1. The zero-order valence-electron chi connectivity index (χ0n) is 10.7. The number of aryl methyl sites for hydroxylation is 2. The predicted molar refractivity (Wildman–Crippen MR) is 74.5 cm³/mol. The van der Waals surface area contributed by atoms with Crippen LogP contribution in [0.4, 0.5) is 23.0 Å². The van der Waals surface area contributed by atoms with E-state index in [1.165, 1.54) is 17.7 Å². The Hall–Kier alpha value is -2.63. The molecule has 1 heterocycles. The predicted octanol–water partition coefficient (Wildman–Crippen LogP) is 2.93. The molecule has 0 aliphatic carbocycles. The van der Waals surface area contributed by atoms with Gasteiger partial charge in [0.25, 0.3) is 0 Å². The highest BCUT2D eigenvalue weighted by atomic mass is 16.6. The molecule has 1 aromatic heterocycles. The summed E-state index contributed by atoms with van der Waals surface area (Å²) >= 11 is 0. The molecule has 3 N–H and O–H groups in total.